The van der Waals surface area contributed by atoms with Crippen LogP contribution in [0.1, 0.15) is 37.0 Å². The zero-order chi connectivity index (χ0) is 24.2. The summed E-state index contributed by atoms with van der Waals surface area (Å²) in [6.45, 7) is 4.97. The monoisotopic (exact) mass is 475 g/mol. The molecule has 9 heteroatoms. The van der Waals surface area contributed by atoms with Gasteiger partial charge in [-0.1, -0.05) is 11.6 Å². The fraction of sp³-hybridized carbons (Fsp3) is 0.375. The Kier molecular flexibility index (Phi) is 10.5. The molecule has 0 aliphatic rings. The van der Waals surface area contributed by atoms with Crippen LogP contribution >= 0.6 is 11.6 Å². The van der Waals surface area contributed by atoms with Crippen molar-refractivity contribution in [1.82, 2.24) is 10.2 Å². The van der Waals surface area contributed by atoms with Gasteiger partial charge in [0.05, 0.1) is 19.8 Å². The SMILES string of the molecule is CCOc1ccc(NC(=O)CN(C)C(=O)CCCNC(=O)c2ccc(Cl)cc2)cc1OCC. The number of carbonyl (C=O) groups excluding carboxylic acids is 3. The summed E-state index contributed by atoms with van der Waals surface area (Å²) < 4.78 is 11.1. The van der Waals surface area contributed by atoms with Crippen LogP contribution in [0.15, 0.2) is 42.5 Å². The molecule has 2 N–H and O–H groups in total. The highest BCUT2D eigenvalue weighted by atomic mass is 35.5. The Morgan fingerprint density at radius 3 is 2.30 bits per heavy atom. The Labute approximate surface area is 199 Å². The molecule has 178 valence electrons. The summed E-state index contributed by atoms with van der Waals surface area (Å²) in [6.07, 6.45) is 0.670. The minimum absolute atomic E-state index is 0.0901. The number of nitrogens with one attached hydrogen (secondary N) is 2. The second kappa shape index (κ2) is 13.3. The van der Waals surface area contributed by atoms with Gasteiger partial charge >= 0.3 is 0 Å². The highest BCUT2D eigenvalue weighted by molar-refractivity contribution is 6.30. The van der Waals surface area contributed by atoms with Gasteiger partial charge in [-0.25, -0.2) is 0 Å². The summed E-state index contributed by atoms with van der Waals surface area (Å²) >= 11 is 5.81. The standard InChI is InChI=1S/C24H30ClN3O5/c1-4-32-20-13-12-19(15-21(20)33-5-2)27-22(29)16-28(3)23(30)7-6-14-26-24(31)17-8-10-18(25)11-9-17/h8-13,15H,4-7,14,16H2,1-3H3,(H,26,31)(H,27,29). The number of benzene rings is 2. The maximum Gasteiger partial charge on any atom is 0.251 e. The fourth-order valence-electron chi connectivity index (χ4n) is 2.97. The average Bonchev–Trinajstić information content (AvgIpc) is 2.78. The van der Waals surface area contributed by atoms with E-state index in [2.05, 4.69) is 10.6 Å². The highest BCUT2D eigenvalue weighted by Crippen LogP contribution is 2.30. The van der Waals surface area contributed by atoms with E-state index in [0.717, 1.165) is 0 Å². The highest BCUT2D eigenvalue weighted by Gasteiger charge is 2.14. The van der Waals surface area contributed by atoms with E-state index in [1.165, 1.54) is 4.90 Å². The lowest BCUT2D eigenvalue weighted by Crippen LogP contribution is -2.35. The minimum atomic E-state index is -0.325. The predicted molar refractivity (Wildman–Crippen MR) is 128 cm³/mol. The van der Waals surface area contributed by atoms with Crippen LogP contribution in [0.5, 0.6) is 11.5 Å². The number of anilines is 1. The number of carbonyl (C=O) groups is 3. The number of rotatable bonds is 12. The first kappa shape index (κ1) is 26.0. The lowest BCUT2D eigenvalue weighted by Gasteiger charge is -2.17. The van der Waals surface area contributed by atoms with Crippen molar-refractivity contribution in [2.75, 3.05) is 38.7 Å². The minimum Gasteiger partial charge on any atom is -0.490 e. The number of ether oxygens (including phenoxy) is 2. The first-order chi connectivity index (χ1) is 15.8. The maximum absolute atomic E-state index is 12.4. The van der Waals surface area contributed by atoms with Crippen molar-refractivity contribution >= 4 is 35.0 Å². The number of amides is 3. The molecule has 0 spiro atoms. The Hall–Kier alpha value is -3.26. The van der Waals surface area contributed by atoms with E-state index in [0.29, 0.717) is 54.0 Å². The van der Waals surface area contributed by atoms with Crippen LogP contribution in [-0.2, 0) is 9.59 Å². The largest absolute Gasteiger partial charge is 0.490 e. The lowest BCUT2D eigenvalue weighted by atomic mass is 10.2. The van der Waals surface area contributed by atoms with Crippen molar-refractivity contribution < 1.29 is 23.9 Å². The number of hydrogen-bond donors (Lipinski definition) is 2. The first-order valence-corrected chi connectivity index (χ1v) is 11.2. The summed E-state index contributed by atoms with van der Waals surface area (Å²) in [5.41, 5.74) is 1.05. The van der Waals surface area contributed by atoms with Gasteiger partial charge in [-0.15, -0.1) is 0 Å². The van der Waals surface area contributed by atoms with E-state index in [-0.39, 0.29) is 30.7 Å². The van der Waals surface area contributed by atoms with Crippen molar-refractivity contribution in [2.45, 2.75) is 26.7 Å². The molecule has 33 heavy (non-hydrogen) atoms. The predicted octanol–water partition coefficient (Wildman–Crippen LogP) is 3.74. The van der Waals surface area contributed by atoms with E-state index in [1.54, 1.807) is 49.5 Å². The zero-order valence-electron chi connectivity index (χ0n) is 19.2. The molecule has 0 radical (unpaired) electrons. The van der Waals surface area contributed by atoms with Crippen LogP contribution in [0.25, 0.3) is 0 Å². The van der Waals surface area contributed by atoms with Crippen LogP contribution < -0.4 is 20.1 Å². The molecule has 0 saturated heterocycles. The molecule has 0 atom stereocenters. The van der Waals surface area contributed by atoms with Crippen LogP contribution in [0.4, 0.5) is 5.69 Å². The van der Waals surface area contributed by atoms with Crippen LogP contribution in [0, 0.1) is 0 Å². The van der Waals surface area contributed by atoms with Gasteiger partial charge in [0.2, 0.25) is 11.8 Å². The fourth-order valence-corrected chi connectivity index (χ4v) is 3.09. The van der Waals surface area contributed by atoms with E-state index in [4.69, 9.17) is 21.1 Å². The third kappa shape index (κ3) is 8.65. The second-order valence-electron chi connectivity index (χ2n) is 7.19. The van der Waals surface area contributed by atoms with Gasteiger partial charge in [-0.2, -0.15) is 0 Å². The molecule has 8 nitrogen and oxygen atoms in total. The van der Waals surface area contributed by atoms with Crippen LogP contribution in [0.2, 0.25) is 5.02 Å². The Balaban J connectivity index is 1.76. The Morgan fingerprint density at radius 1 is 0.970 bits per heavy atom. The van der Waals surface area contributed by atoms with E-state index >= 15 is 0 Å². The molecule has 0 bridgehead atoms. The van der Waals surface area contributed by atoms with Crippen LogP contribution in [0.3, 0.4) is 0 Å². The van der Waals surface area contributed by atoms with Crippen molar-refractivity contribution in [3.63, 3.8) is 0 Å². The Morgan fingerprint density at radius 2 is 1.64 bits per heavy atom. The molecule has 0 aliphatic carbocycles. The van der Waals surface area contributed by atoms with Gasteiger partial charge in [-0.05, 0) is 56.7 Å². The molecule has 2 aromatic rings. The van der Waals surface area contributed by atoms with E-state index in [1.807, 2.05) is 13.8 Å². The number of likely N-dealkylation sites (N-methyl/N-ethyl adjacent to an activating group) is 1. The topological polar surface area (TPSA) is 97.0 Å². The molecule has 0 aromatic heterocycles. The summed E-state index contributed by atoms with van der Waals surface area (Å²) in [7, 11) is 1.57. The van der Waals surface area contributed by atoms with Gasteiger partial charge in [0.25, 0.3) is 5.91 Å². The van der Waals surface area contributed by atoms with Crippen molar-refractivity contribution in [2.24, 2.45) is 0 Å². The zero-order valence-corrected chi connectivity index (χ0v) is 19.9. The molecule has 0 fully saturated rings. The van der Waals surface area contributed by atoms with Gasteiger partial charge in [-0.3, -0.25) is 14.4 Å². The van der Waals surface area contributed by atoms with Gasteiger partial charge in [0.1, 0.15) is 0 Å². The molecule has 2 aromatic carbocycles. The number of hydrogen-bond acceptors (Lipinski definition) is 5. The molecule has 0 unspecified atom stereocenters. The molecule has 3 amide bonds. The molecule has 2 rings (SSSR count). The molecular formula is C24H30ClN3O5. The molecule has 0 saturated carbocycles. The van der Waals surface area contributed by atoms with Gasteiger partial charge in [0, 0.05) is 42.4 Å². The first-order valence-electron chi connectivity index (χ1n) is 10.8. The summed E-state index contributed by atoms with van der Waals surface area (Å²) in [6, 6.07) is 11.7. The lowest BCUT2D eigenvalue weighted by molar-refractivity contribution is -0.133. The third-order valence-corrected chi connectivity index (χ3v) is 4.85. The molecular weight excluding hydrogens is 446 g/mol. The summed E-state index contributed by atoms with van der Waals surface area (Å²) in [4.78, 5) is 38.1. The molecule has 0 heterocycles. The maximum atomic E-state index is 12.4. The quantitative estimate of drug-likeness (QED) is 0.456. The molecule has 0 aliphatic heterocycles. The van der Waals surface area contributed by atoms with Crippen LogP contribution in [-0.4, -0.2) is 56.0 Å². The Bertz CT molecular complexity index is 950. The number of halogens is 1. The number of nitrogens with zero attached hydrogens (tertiary/aromatic N) is 1. The van der Waals surface area contributed by atoms with Crippen molar-refractivity contribution in [1.29, 1.82) is 0 Å². The van der Waals surface area contributed by atoms with E-state index < -0.39 is 0 Å². The smallest absolute Gasteiger partial charge is 0.251 e. The van der Waals surface area contributed by atoms with Gasteiger partial charge < -0.3 is 25.0 Å². The average molecular weight is 476 g/mol. The van der Waals surface area contributed by atoms with E-state index in [9.17, 15) is 14.4 Å². The van der Waals surface area contributed by atoms with Gasteiger partial charge in [0.15, 0.2) is 11.5 Å². The van der Waals surface area contributed by atoms with Crippen molar-refractivity contribution in [3.05, 3.63) is 53.1 Å². The second-order valence-corrected chi connectivity index (χ2v) is 7.63. The third-order valence-electron chi connectivity index (χ3n) is 4.59. The normalized spacial score (nSPS) is 10.3. The summed E-state index contributed by atoms with van der Waals surface area (Å²) in [5.74, 6) is 0.407. The van der Waals surface area contributed by atoms with Crippen molar-refractivity contribution in [3.8, 4) is 11.5 Å². The summed E-state index contributed by atoms with van der Waals surface area (Å²) in [5, 5.41) is 6.08.